The SMILES string of the molecule is CCCc1nc(C(=O)NC(C)CCCC(=O)O)n[nH]1. The van der Waals surface area contributed by atoms with Gasteiger partial charge in [0.1, 0.15) is 5.82 Å². The normalized spacial score (nSPS) is 12.1. The van der Waals surface area contributed by atoms with Crippen LogP contribution in [0.25, 0.3) is 0 Å². The van der Waals surface area contributed by atoms with Crippen molar-refractivity contribution in [3.05, 3.63) is 11.6 Å². The number of aromatic amines is 1. The average Bonchev–Trinajstić information content (AvgIpc) is 2.77. The lowest BCUT2D eigenvalue weighted by atomic mass is 10.1. The number of rotatable bonds is 8. The molecule has 7 nitrogen and oxygen atoms in total. The van der Waals surface area contributed by atoms with Crippen molar-refractivity contribution in [2.24, 2.45) is 0 Å². The van der Waals surface area contributed by atoms with E-state index in [1.807, 2.05) is 13.8 Å². The Morgan fingerprint density at radius 1 is 1.47 bits per heavy atom. The van der Waals surface area contributed by atoms with Crippen molar-refractivity contribution in [2.45, 2.75) is 52.0 Å². The molecule has 0 fully saturated rings. The number of carboxylic acid groups (broad SMARTS) is 1. The number of aromatic nitrogens is 3. The molecule has 1 rings (SSSR count). The summed E-state index contributed by atoms with van der Waals surface area (Å²) in [6.45, 7) is 3.85. The highest BCUT2D eigenvalue weighted by Crippen LogP contribution is 2.02. The first-order valence-electron chi connectivity index (χ1n) is 6.46. The van der Waals surface area contributed by atoms with E-state index in [0.717, 1.165) is 12.8 Å². The molecule has 106 valence electrons. The molecule has 1 atom stereocenters. The molecule has 0 radical (unpaired) electrons. The van der Waals surface area contributed by atoms with Crippen LogP contribution in [0.4, 0.5) is 0 Å². The van der Waals surface area contributed by atoms with Crippen LogP contribution in [0.5, 0.6) is 0 Å². The Labute approximate surface area is 111 Å². The maximum Gasteiger partial charge on any atom is 0.303 e. The fourth-order valence-electron chi connectivity index (χ4n) is 1.67. The summed E-state index contributed by atoms with van der Waals surface area (Å²) in [6.07, 6.45) is 2.95. The smallest absolute Gasteiger partial charge is 0.303 e. The molecule has 1 heterocycles. The van der Waals surface area contributed by atoms with E-state index in [9.17, 15) is 9.59 Å². The molecule has 0 spiro atoms. The molecule has 7 heteroatoms. The number of carbonyl (C=O) groups is 2. The predicted octanol–water partition coefficient (Wildman–Crippen LogP) is 1.13. The molecular weight excluding hydrogens is 248 g/mol. The lowest BCUT2D eigenvalue weighted by Crippen LogP contribution is -2.33. The number of hydrogen-bond donors (Lipinski definition) is 3. The Morgan fingerprint density at radius 3 is 2.84 bits per heavy atom. The van der Waals surface area contributed by atoms with Crippen LogP contribution in [0.1, 0.15) is 56.0 Å². The first-order chi connectivity index (χ1) is 9.02. The van der Waals surface area contributed by atoms with Gasteiger partial charge in [-0.15, -0.1) is 5.10 Å². The fourth-order valence-corrected chi connectivity index (χ4v) is 1.67. The maximum absolute atomic E-state index is 11.8. The second-order valence-corrected chi connectivity index (χ2v) is 4.52. The molecule has 19 heavy (non-hydrogen) atoms. The van der Waals surface area contributed by atoms with E-state index < -0.39 is 5.97 Å². The molecule has 3 N–H and O–H groups in total. The second-order valence-electron chi connectivity index (χ2n) is 4.52. The molecule has 1 amide bonds. The second kappa shape index (κ2) is 7.50. The van der Waals surface area contributed by atoms with Gasteiger partial charge in [-0.3, -0.25) is 14.7 Å². The molecule has 0 saturated carbocycles. The van der Waals surface area contributed by atoms with Crippen LogP contribution >= 0.6 is 0 Å². The topological polar surface area (TPSA) is 108 Å². The van der Waals surface area contributed by atoms with Crippen molar-refractivity contribution in [3.8, 4) is 0 Å². The summed E-state index contributed by atoms with van der Waals surface area (Å²) in [5.74, 6) is -0.321. The highest BCUT2D eigenvalue weighted by molar-refractivity contribution is 5.90. The Bertz CT molecular complexity index is 430. The zero-order valence-corrected chi connectivity index (χ0v) is 11.3. The third-order valence-electron chi connectivity index (χ3n) is 2.63. The van der Waals surface area contributed by atoms with Crippen LogP contribution in [-0.4, -0.2) is 38.2 Å². The van der Waals surface area contributed by atoms with Gasteiger partial charge in [-0.25, -0.2) is 4.98 Å². The summed E-state index contributed by atoms with van der Waals surface area (Å²) in [7, 11) is 0. The van der Waals surface area contributed by atoms with E-state index in [0.29, 0.717) is 18.7 Å². The van der Waals surface area contributed by atoms with Crippen molar-refractivity contribution in [2.75, 3.05) is 0 Å². The van der Waals surface area contributed by atoms with Gasteiger partial charge in [0.05, 0.1) is 0 Å². The maximum atomic E-state index is 11.8. The van der Waals surface area contributed by atoms with Gasteiger partial charge < -0.3 is 10.4 Å². The largest absolute Gasteiger partial charge is 0.481 e. The first kappa shape index (κ1) is 15.1. The van der Waals surface area contributed by atoms with Gasteiger partial charge >= 0.3 is 5.97 Å². The van der Waals surface area contributed by atoms with Crippen LogP contribution in [-0.2, 0) is 11.2 Å². The van der Waals surface area contributed by atoms with E-state index in [1.54, 1.807) is 0 Å². The van der Waals surface area contributed by atoms with Crippen LogP contribution in [0.2, 0.25) is 0 Å². The predicted molar refractivity (Wildman–Crippen MR) is 68.8 cm³/mol. The zero-order valence-electron chi connectivity index (χ0n) is 11.3. The minimum atomic E-state index is -0.822. The highest BCUT2D eigenvalue weighted by Gasteiger charge is 2.14. The molecule has 0 bridgehead atoms. The van der Waals surface area contributed by atoms with Gasteiger partial charge in [0.2, 0.25) is 5.82 Å². The lowest BCUT2D eigenvalue weighted by molar-refractivity contribution is -0.137. The van der Waals surface area contributed by atoms with Crippen molar-refractivity contribution in [1.82, 2.24) is 20.5 Å². The van der Waals surface area contributed by atoms with Gasteiger partial charge in [-0.2, -0.15) is 0 Å². The van der Waals surface area contributed by atoms with Gasteiger partial charge in [0.15, 0.2) is 0 Å². The van der Waals surface area contributed by atoms with Crippen molar-refractivity contribution >= 4 is 11.9 Å². The molecule has 1 unspecified atom stereocenters. The van der Waals surface area contributed by atoms with E-state index in [4.69, 9.17) is 5.11 Å². The summed E-state index contributed by atoms with van der Waals surface area (Å²) >= 11 is 0. The van der Waals surface area contributed by atoms with E-state index in [-0.39, 0.29) is 24.2 Å². The van der Waals surface area contributed by atoms with Crippen LogP contribution in [0, 0.1) is 0 Å². The van der Waals surface area contributed by atoms with E-state index >= 15 is 0 Å². The summed E-state index contributed by atoms with van der Waals surface area (Å²) in [6, 6.07) is -0.0972. The third-order valence-corrected chi connectivity index (χ3v) is 2.63. The molecule has 0 aromatic carbocycles. The third kappa shape index (κ3) is 5.50. The standard InChI is InChI=1S/C12H20N4O3/c1-3-5-9-14-11(16-15-9)12(19)13-8(2)6-4-7-10(17)18/h8H,3-7H2,1-2H3,(H,13,19)(H,17,18)(H,14,15,16). The number of carbonyl (C=O) groups excluding carboxylic acids is 1. The number of nitrogens with zero attached hydrogens (tertiary/aromatic N) is 2. The minimum absolute atomic E-state index is 0.0972. The number of amides is 1. The van der Waals surface area contributed by atoms with Gasteiger partial charge in [-0.1, -0.05) is 6.92 Å². The fraction of sp³-hybridized carbons (Fsp3) is 0.667. The highest BCUT2D eigenvalue weighted by atomic mass is 16.4. The quantitative estimate of drug-likeness (QED) is 0.655. The summed E-state index contributed by atoms with van der Waals surface area (Å²) < 4.78 is 0. The number of aryl methyl sites for hydroxylation is 1. The van der Waals surface area contributed by atoms with Gasteiger partial charge in [0, 0.05) is 18.9 Å². The van der Waals surface area contributed by atoms with Crippen LogP contribution < -0.4 is 5.32 Å². The number of aliphatic carboxylic acids is 1. The number of carboxylic acids is 1. The van der Waals surface area contributed by atoms with Gasteiger partial charge in [0.25, 0.3) is 5.91 Å². The minimum Gasteiger partial charge on any atom is -0.481 e. The van der Waals surface area contributed by atoms with Crippen LogP contribution in [0.3, 0.4) is 0 Å². The molecule has 0 aliphatic rings. The molecular formula is C12H20N4O3. The molecule has 0 aliphatic heterocycles. The summed E-state index contributed by atoms with van der Waals surface area (Å²) in [5.41, 5.74) is 0. The van der Waals surface area contributed by atoms with Crippen LogP contribution in [0.15, 0.2) is 0 Å². The van der Waals surface area contributed by atoms with Crippen molar-refractivity contribution in [1.29, 1.82) is 0 Å². The lowest BCUT2D eigenvalue weighted by Gasteiger charge is -2.11. The zero-order chi connectivity index (χ0) is 14.3. The van der Waals surface area contributed by atoms with Crippen molar-refractivity contribution < 1.29 is 14.7 Å². The molecule has 1 aromatic heterocycles. The Morgan fingerprint density at radius 2 is 2.21 bits per heavy atom. The first-order valence-corrected chi connectivity index (χ1v) is 6.46. The number of H-pyrrole nitrogens is 1. The Hall–Kier alpha value is -1.92. The Balaban J connectivity index is 2.38. The van der Waals surface area contributed by atoms with E-state index in [1.165, 1.54) is 0 Å². The number of hydrogen-bond acceptors (Lipinski definition) is 4. The summed E-state index contributed by atoms with van der Waals surface area (Å²) in [5, 5.41) is 17.8. The molecule has 0 saturated heterocycles. The number of nitrogens with one attached hydrogen (secondary N) is 2. The van der Waals surface area contributed by atoms with Crippen molar-refractivity contribution in [3.63, 3.8) is 0 Å². The van der Waals surface area contributed by atoms with E-state index in [2.05, 4.69) is 20.5 Å². The Kier molecular flexibility index (Phi) is 5.98. The van der Waals surface area contributed by atoms with Gasteiger partial charge in [-0.05, 0) is 26.2 Å². The average molecular weight is 268 g/mol. The monoisotopic (exact) mass is 268 g/mol. The molecule has 1 aromatic rings. The molecule has 0 aliphatic carbocycles. The summed E-state index contributed by atoms with van der Waals surface area (Å²) in [4.78, 5) is 26.3.